The first-order valence-corrected chi connectivity index (χ1v) is 8.34. The molecule has 0 spiro atoms. The molecule has 2 aliphatic rings. The van der Waals surface area contributed by atoms with Crippen LogP contribution in [-0.4, -0.2) is 37.0 Å². The fourth-order valence-electron chi connectivity index (χ4n) is 3.20. The van der Waals surface area contributed by atoms with Crippen molar-refractivity contribution in [3.63, 3.8) is 0 Å². The van der Waals surface area contributed by atoms with Crippen LogP contribution >= 0.6 is 15.9 Å². The second kappa shape index (κ2) is 6.27. The molecule has 1 aromatic carbocycles. The van der Waals surface area contributed by atoms with E-state index in [1.165, 1.54) is 37.9 Å². The number of nitrogens with zero attached hydrogens (tertiary/aromatic N) is 2. The normalized spacial score (nSPS) is 20.1. The summed E-state index contributed by atoms with van der Waals surface area (Å²) in [6.07, 6.45) is 5.47. The van der Waals surface area contributed by atoms with Gasteiger partial charge in [-0.05, 0) is 56.1 Å². The Morgan fingerprint density at radius 2 is 1.85 bits per heavy atom. The average molecular weight is 337 g/mol. The van der Waals surface area contributed by atoms with Crippen LogP contribution in [0.4, 0.5) is 5.69 Å². The van der Waals surface area contributed by atoms with Crippen LogP contribution in [0.3, 0.4) is 0 Å². The van der Waals surface area contributed by atoms with Gasteiger partial charge in [0.2, 0.25) is 5.91 Å². The van der Waals surface area contributed by atoms with E-state index in [9.17, 15) is 4.79 Å². The highest BCUT2D eigenvalue weighted by Crippen LogP contribution is 2.30. The summed E-state index contributed by atoms with van der Waals surface area (Å²) in [5.41, 5.74) is 2.40. The van der Waals surface area contributed by atoms with E-state index in [4.69, 9.17) is 0 Å². The zero-order valence-corrected chi connectivity index (χ0v) is 13.4. The summed E-state index contributed by atoms with van der Waals surface area (Å²) in [6.45, 7) is 4.21. The van der Waals surface area contributed by atoms with Crippen molar-refractivity contribution in [2.75, 3.05) is 31.1 Å². The maximum atomic E-state index is 12.2. The van der Waals surface area contributed by atoms with E-state index in [0.717, 1.165) is 29.7 Å². The number of benzene rings is 1. The number of halogens is 1. The van der Waals surface area contributed by atoms with E-state index in [1.807, 2.05) is 11.0 Å². The van der Waals surface area contributed by atoms with Crippen molar-refractivity contribution in [3.8, 4) is 0 Å². The van der Waals surface area contributed by atoms with Crippen molar-refractivity contribution in [3.05, 3.63) is 28.2 Å². The third kappa shape index (κ3) is 3.07. The van der Waals surface area contributed by atoms with Crippen LogP contribution < -0.4 is 4.90 Å². The molecule has 1 amide bonds. The van der Waals surface area contributed by atoms with E-state index in [1.54, 1.807) is 0 Å². The van der Waals surface area contributed by atoms with E-state index in [2.05, 4.69) is 33.0 Å². The lowest BCUT2D eigenvalue weighted by atomic mass is 10.0. The Morgan fingerprint density at radius 1 is 1.05 bits per heavy atom. The number of anilines is 1. The van der Waals surface area contributed by atoms with E-state index < -0.39 is 0 Å². The van der Waals surface area contributed by atoms with Gasteiger partial charge in [-0.1, -0.05) is 22.4 Å². The minimum absolute atomic E-state index is 0.275. The number of aryl methyl sites for hydroxylation is 1. The molecule has 0 aromatic heterocycles. The molecule has 0 saturated carbocycles. The van der Waals surface area contributed by atoms with E-state index in [0.29, 0.717) is 6.42 Å². The quantitative estimate of drug-likeness (QED) is 0.846. The Balaban J connectivity index is 1.70. The minimum Gasteiger partial charge on any atom is -0.311 e. The zero-order chi connectivity index (χ0) is 13.9. The Kier molecular flexibility index (Phi) is 4.41. The molecule has 0 bridgehead atoms. The number of hydrogen-bond donors (Lipinski definition) is 0. The first-order valence-electron chi connectivity index (χ1n) is 7.55. The van der Waals surface area contributed by atoms with Gasteiger partial charge in [0.25, 0.3) is 0 Å². The summed E-state index contributed by atoms with van der Waals surface area (Å²) in [4.78, 5) is 16.7. The molecule has 3 rings (SSSR count). The van der Waals surface area contributed by atoms with E-state index in [-0.39, 0.29) is 5.91 Å². The lowest BCUT2D eigenvalue weighted by molar-refractivity contribution is -0.118. The fraction of sp³-hybridized carbons (Fsp3) is 0.562. The van der Waals surface area contributed by atoms with Crippen LogP contribution in [0.2, 0.25) is 0 Å². The molecular weight excluding hydrogens is 316 g/mol. The van der Waals surface area contributed by atoms with Gasteiger partial charge in [-0.25, -0.2) is 0 Å². The molecule has 108 valence electrons. The first kappa shape index (κ1) is 14.1. The monoisotopic (exact) mass is 336 g/mol. The number of likely N-dealkylation sites (tertiary alicyclic amines) is 1. The lowest BCUT2D eigenvalue weighted by Crippen LogP contribution is -2.42. The van der Waals surface area contributed by atoms with Gasteiger partial charge in [0.15, 0.2) is 0 Å². The topological polar surface area (TPSA) is 23.6 Å². The minimum atomic E-state index is 0.275. The number of hydrogen-bond acceptors (Lipinski definition) is 2. The van der Waals surface area contributed by atoms with Crippen molar-refractivity contribution in [2.45, 2.75) is 32.1 Å². The fourth-order valence-corrected chi connectivity index (χ4v) is 3.61. The van der Waals surface area contributed by atoms with Gasteiger partial charge in [-0.2, -0.15) is 0 Å². The molecular formula is C16H21BrN2O. The molecule has 2 heterocycles. The number of carbonyl (C=O) groups excluding carboxylic acids is 1. The van der Waals surface area contributed by atoms with Crippen molar-refractivity contribution < 1.29 is 4.79 Å². The molecule has 4 heteroatoms. The van der Waals surface area contributed by atoms with Crippen molar-refractivity contribution in [1.29, 1.82) is 0 Å². The van der Waals surface area contributed by atoms with Crippen LogP contribution in [0.25, 0.3) is 0 Å². The smallest absolute Gasteiger partial charge is 0.227 e. The molecule has 20 heavy (non-hydrogen) atoms. The summed E-state index contributed by atoms with van der Waals surface area (Å²) in [5.74, 6) is 0.275. The van der Waals surface area contributed by atoms with Crippen molar-refractivity contribution >= 4 is 27.5 Å². The molecule has 1 saturated heterocycles. The Hall–Kier alpha value is -0.870. The highest BCUT2D eigenvalue weighted by Gasteiger charge is 2.24. The SMILES string of the molecule is O=C1CCc2cc(Br)ccc2N1CCN1CCCCC1. The number of amides is 1. The van der Waals surface area contributed by atoms with Crippen LogP contribution in [0.5, 0.6) is 0 Å². The van der Waals surface area contributed by atoms with Gasteiger partial charge in [0.05, 0.1) is 0 Å². The number of rotatable bonds is 3. The van der Waals surface area contributed by atoms with E-state index >= 15 is 0 Å². The second-order valence-electron chi connectivity index (χ2n) is 5.72. The summed E-state index contributed by atoms with van der Waals surface area (Å²) in [7, 11) is 0. The van der Waals surface area contributed by atoms with Gasteiger partial charge < -0.3 is 9.80 Å². The summed E-state index contributed by atoms with van der Waals surface area (Å²) >= 11 is 3.52. The van der Waals surface area contributed by atoms with Crippen LogP contribution in [-0.2, 0) is 11.2 Å². The molecule has 1 aromatic rings. The second-order valence-corrected chi connectivity index (χ2v) is 6.64. The van der Waals surface area contributed by atoms with Gasteiger partial charge in [0.1, 0.15) is 0 Å². The Bertz CT molecular complexity index is 497. The van der Waals surface area contributed by atoms with Crippen molar-refractivity contribution in [1.82, 2.24) is 4.90 Å². The highest BCUT2D eigenvalue weighted by molar-refractivity contribution is 9.10. The molecule has 3 nitrogen and oxygen atoms in total. The molecule has 0 unspecified atom stereocenters. The zero-order valence-electron chi connectivity index (χ0n) is 11.8. The maximum absolute atomic E-state index is 12.2. The Labute approximate surface area is 129 Å². The standard InChI is InChI=1S/C16H21BrN2O/c17-14-5-6-15-13(12-14)4-7-16(20)19(15)11-10-18-8-2-1-3-9-18/h5-6,12H,1-4,7-11H2. The summed E-state index contributed by atoms with van der Waals surface area (Å²) in [5, 5.41) is 0. The maximum Gasteiger partial charge on any atom is 0.227 e. The highest BCUT2D eigenvalue weighted by atomic mass is 79.9. The van der Waals surface area contributed by atoms with Gasteiger partial charge in [0, 0.05) is 29.7 Å². The molecule has 0 radical (unpaired) electrons. The van der Waals surface area contributed by atoms with Crippen LogP contribution in [0, 0.1) is 0 Å². The third-order valence-corrected chi connectivity index (χ3v) is 4.82. The van der Waals surface area contributed by atoms with Crippen LogP contribution in [0.1, 0.15) is 31.2 Å². The van der Waals surface area contributed by atoms with Gasteiger partial charge in [-0.15, -0.1) is 0 Å². The lowest BCUT2D eigenvalue weighted by Gasteiger charge is -2.33. The van der Waals surface area contributed by atoms with Crippen molar-refractivity contribution in [2.24, 2.45) is 0 Å². The number of piperidine rings is 1. The summed E-state index contributed by atoms with van der Waals surface area (Å²) < 4.78 is 1.10. The van der Waals surface area contributed by atoms with Gasteiger partial charge in [-0.3, -0.25) is 4.79 Å². The Morgan fingerprint density at radius 3 is 2.65 bits per heavy atom. The largest absolute Gasteiger partial charge is 0.311 e. The molecule has 0 aliphatic carbocycles. The first-order chi connectivity index (χ1) is 9.74. The predicted molar refractivity (Wildman–Crippen MR) is 85.1 cm³/mol. The molecule has 0 atom stereocenters. The predicted octanol–water partition coefficient (Wildman–Crippen LogP) is 3.21. The molecule has 2 aliphatic heterocycles. The number of fused-ring (bicyclic) bond motifs is 1. The third-order valence-electron chi connectivity index (χ3n) is 4.33. The molecule has 0 N–H and O–H groups in total. The van der Waals surface area contributed by atoms with Gasteiger partial charge >= 0.3 is 0 Å². The molecule has 1 fully saturated rings. The summed E-state index contributed by atoms with van der Waals surface area (Å²) in [6, 6.07) is 6.26. The van der Waals surface area contributed by atoms with Crippen LogP contribution in [0.15, 0.2) is 22.7 Å². The average Bonchev–Trinajstić information content (AvgIpc) is 2.47. The number of carbonyl (C=O) groups is 1.